The summed E-state index contributed by atoms with van der Waals surface area (Å²) in [6, 6.07) is 0.978. The summed E-state index contributed by atoms with van der Waals surface area (Å²) < 4.78 is 2.01. The minimum atomic E-state index is -0.657. The van der Waals surface area contributed by atoms with E-state index in [1.54, 1.807) is 5.51 Å². The summed E-state index contributed by atoms with van der Waals surface area (Å²) in [5.41, 5.74) is 4.51. The average molecular weight is 500 g/mol. The van der Waals surface area contributed by atoms with Gasteiger partial charge in [-0.1, -0.05) is 20.3 Å². The second-order valence-corrected chi connectivity index (χ2v) is 10.4. The van der Waals surface area contributed by atoms with Crippen molar-refractivity contribution in [2.75, 3.05) is 0 Å². The molecule has 1 unspecified atom stereocenters. The molecule has 2 aliphatic rings. The van der Waals surface area contributed by atoms with Crippen LogP contribution >= 0.6 is 11.3 Å². The van der Waals surface area contributed by atoms with Gasteiger partial charge in [-0.05, 0) is 30.4 Å². The topological polar surface area (TPSA) is 122 Å². The van der Waals surface area contributed by atoms with E-state index in [4.69, 9.17) is 0 Å². The van der Waals surface area contributed by atoms with Crippen molar-refractivity contribution in [2.45, 2.75) is 77.5 Å². The Kier molecular flexibility index (Phi) is 7.69. The number of aryl methyl sites for hydroxylation is 1. The van der Waals surface area contributed by atoms with Crippen LogP contribution in [0.2, 0.25) is 0 Å². The van der Waals surface area contributed by atoms with E-state index in [9.17, 15) is 19.2 Å². The maximum absolute atomic E-state index is 13.5. The van der Waals surface area contributed by atoms with Gasteiger partial charge in [-0.15, -0.1) is 11.3 Å². The number of rotatable bonds is 8. The van der Waals surface area contributed by atoms with Crippen molar-refractivity contribution in [1.82, 2.24) is 25.5 Å². The van der Waals surface area contributed by atoms with E-state index in [1.807, 2.05) is 36.1 Å². The summed E-state index contributed by atoms with van der Waals surface area (Å²) in [7, 11) is 0. The zero-order valence-corrected chi connectivity index (χ0v) is 21.2. The van der Waals surface area contributed by atoms with Gasteiger partial charge >= 0.3 is 0 Å². The molecule has 1 aliphatic heterocycles. The van der Waals surface area contributed by atoms with E-state index < -0.39 is 17.9 Å². The molecule has 0 fully saturated rings. The second kappa shape index (κ2) is 10.7. The first kappa shape index (κ1) is 25.1. The summed E-state index contributed by atoms with van der Waals surface area (Å²) >= 11 is 1.47. The van der Waals surface area contributed by atoms with Gasteiger partial charge in [0.1, 0.15) is 11.8 Å². The van der Waals surface area contributed by atoms with Gasteiger partial charge in [0.25, 0.3) is 0 Å². The first-order valence-corrected chi connectivity index (χ1v) is 13.2. The van der Waals surface area contributed by atoms with Crippen molar-refractivity contribution in [1.29, 1.82) is 0 Å². The fraction of sp³-hybridized carbons (Fsp3) is 0.560. The Bertz CT molecular complexity index is 1100. The maximum atomic E-state index is 13.5. The molecular weight excluding hydrogens is 466 g/mol. The SMILES string of the molecule is CC[C@H](C)[C@H](NC(C)=O)C(=O)N[C@H]1CCc2ccn3c2C1C(=O)C[C@H](C(=O)NCc1cscn1)C3. The number of aromatic nitrogens is 2. The number of hydrogen-bond donors (Lipinski definition) is 3. The van der Waals surface area contributed by atoms with E-state index >= 15 is 0 Å². The van der Waals surface area contributed by atoms with E-state index in [1.165, 1.54) is 18.3 Å². The molecule has 3 amide bonds. The zero-order chi connectivity index (χ0) is 25.1. The van der Waals surface area contributed by atoms with E-state index in [0.717, 1.165) is 29.8 Å². The van der Waals surface area contributed by atoms with E-state index in [-0.39, 0.29) is 41.9 Å². The Morgan fingerprint density at radius 2 is 2.11 bits per heavy atom. The minimum absolute atomic E-state index is 0.0397. The lowest BCUT2D eigenvalue weighted by Gasteiger charge is -2.34. The third kappa shape index (κ3) is 5.47. The Hall–Kier alpha value is -3.01. The summed E-state index contributed by atoms with van der Waals surface area (Å²) in [6.07, 6.45) is 4.16. The van der Waals surface area contributed by atoms with Crippen LogP contribution in [-0.4, -0.2) is 45.1 Å². The molecule has 0 bridgehead atoms. The van der Waals surface area contributed by atoms with Crippen LogP contribution in [0.15, 0.2) is 23.2 Å². The van der Waals surface area contributed by atoms with Gasteiger partial charge in [-0.3, -0.25) is 19.2 Å². The van der Waals surface area contributed by atoms with E-state index in [2.05, 4.69) is 20.9 Å². The molecule has 5 atom stereocenters. The predicted molar refractivity (Wildman–Crippen MR) is 132 cm³/mol. The summed E-state index contributed by atoms with van der Waals surface area (Å²) in [5, 5.41) is 10.6. The minimum Gasteiger partial charge on any atom is -0.350 e. The summed E-state index contributed by atoms with van der Waals surface area (Å²) in [5.74, 6) is -1.79. The van der Waals surface area contributed by atoms with Gasteiger partial charge in [0.15, 0.2) is 0 Å². The first-order valence-electron chi connectivity index (χ1n) is 12.2. The van der Waals surface area contributed by atoms with Gasteiger partial charge in [0, 0.05) is 43.2 Å². The monoisotopic (exact) mass is 499 g/mol. The van der Waals surface area contributed by atoms with Crippen molar-refractivity contribution in [3.63, 3.8) is 0 Å². The molecule has 0 saturated heterocycles. The van der Waals surface area contributed by atoms with Crippen LogP contribution in [-0.2, 0) is 38.7 Å². The molecule has 3 N–H and O–H groups in total. The molecule has 0 aromatic carbocycles. The number of nitrogens with one attached hydrogen (secondary N) is 3. The normalized spacial score (nSPS) is 22.9. The third-order valence-electron chi connectivity index (χ3n) is 7.21. The average Bonchev–Trinajstić information content (AvgIpc) is 3.46. The number of carbonyl (C=O) groups excluding carboxylic acids is 4. The standard InChI is InChI=1S/C25H33N5O4S/c1-4-14(2)22(28-15(3)31)25(34)29-19-6-5-16-7-8-30-11-17(9-20(32)21(19)23(16)30)24(33)26-10-18-12-35-13-27-18/h7-8,12-14,17,19,21-22H,4-6,9-11H2,1-3H3,(H,26,33)(H,28,31)(H,29,34)/t14-,17-,19-,21?,22-/m0/s1. The van der Waals surface area contributed by atoms with Gasteiger partial charge < -0.3 is 20.5 Å². The Labute approximate surface area is 209 Å². The number of ketones is 1. The van der Waals surface area contributed by atoms with Gasteiger partial charge in [0.2, 0.25) is 17.7 Å². The predicted octanol–water partition coefficient (Wildman–Crippen LogP) is 1.92. The molecular formula is C25H33N5O4S. The zero-order valence-electron chi connectivity index (χ0n) is 20.4. The largest absolute Gasteiger partial charge is 0.350 e. The van der Waals surface area contributed by atoms with Crippen LogP contribution < -0.4 is 16.0 Å². The second-order valence-electron chi connectivity index (χ2n) is 9.64. The summed E-state index contributed by atoms with van der Waals surface area (Å²) in [6.45, 7) is 6.05. The van der Waals surface area contributed by atoms with Crippen LogP contribution in [0.25, 0.3) is 0 Å². The molecule has 9 nitrogen and oxygen atoms in total. The molecule has 0 saturated carbocycles. The van der Waals surface area contributed by atoms with Crippen LogP contribution in [0, 0.1) is 11.8 Å². The van der Waals surface area contributed by atoms with Crippen LogP contribution in [0.3, 0.4) is 0 Å². The quantitative estimate of drug-likeness (QED) is 0.512. The lowest BCUT2D eigenvalue weighted by Crippen LogP contribution is -2.54. The smallest absolute Gasteiger partial charge is 0.243 e. The van der Waals surface area contributed by atoms with Crippen LogP contribution in [0.1, 0.15) is 62.9 Å². The summed E-state index contributed by atoms with van der Waals surface area (Å²) in [4.78, 5) is 55.6. The van der Waals surface area contributed by atoms with Crippen LogP contribution in [0.4, 0.5) is 0 Å². The number of hydrogen-bond acceptors (Lipinski definition) is 6. The number of thiazole rings is 1. The maximum Gasteiger partial charge on any atom is 0.243 e. The Balaban J connectivity index is 1.52. The third-order valence-corrected chi connectivity index (χ3v) is 7.84. The lowest BCUT2D eigenvalue weighted by molar-refractivity contribution is -0.132. The highest BCUT2D eigenvalue weighted by molar-refractivity contribution is 7.07. The highest BCUT2D eigenvalue weighted by Gasteiger charge is 2.42. The number of amides is 3. The Morgan fingerprint density at radius 1 is 1.31 bits per heavy atom. The number of nitrogens with zero attached hydrogens (tertiary/aromatic N) is 2. The lowest BCUT2D eigenvalue weighted by atomic mass is 9.79. The molecule has 2 aromatic rings. The van der Waals surface area contributed by atoms with Crippen LogP contribution in [0.5, 0.6) is 0 Å². The molecule has 0 spiro atoms. The van der Waals surface area contributed by atoms with Gasteiger partial charge in [-0.2, -0.15) is 0 Å². The first-order chi connectivity index (χ1) is 16.8. The highest BCUT2D eigenvalue weighted by Crippen LogP contribution is 2.38. The highest BCUT2D eigenvalue weighted by atomic mass is 32.1. The van der Waals surface area contributed by atoms with Crippen molar-refractivity contribution in [3.05, 3.63) is 40.1 Å². The van der Waals surface area contributed by atoms with Crippen molar-refractivity contribution in [2.24, 2.45) is 11.8 Å². The molecule has 4 rings (SSSR count). The molecule has 3 heterocycles. The fourth-order valence-corrected chi connectivity index (χ4v) is 5.73. The molecule has 1 aliphatic carbocycles. The fourth-order valence-electron chi connectivity index (χ4n) is 5.17. The number of Topliss-reactive ketones (excluding diaryl/α,β-unsaturated/α-hetero) is 1. The molecule has 10 heteroatoms. The van der Waals surface area contributed by atoms with Gasteiger partial charge in [-0.25, -0.2) is 4.98 Å². The Morgan fingerprint density at radius 3 is 2.80 bits per heavy atom. The van der Waals surface area contributed by atoms with Crippen molar-refractivity contribution < 1.29 is 19.2 Å². The van der Waals surface area contributed by atoms with E-state index in [0.29, 0.717) is 19.5 Å². The molecule has 188 valence electrons. The van der Waals surface area contributed by atoms with Crippen molar-refractivity contribution in [3.8, 4) is 0 Å². The van der Waals surface area contributed by atoms with Crippen molar-refractivity contribution >= 4 is 34.8 Å². The van der Waals surface area contributed by atoms with Gasteiger partial charge in [0.05, 0.1) is 29.6 Å². The molecule has 2 aromatic heterocycles. The molecule has 35 heavy (non-hydrogen) atoms. The number of carbonyl (C=O) groups is 4. The molecule has 0 radical (unpaired) electrons.